The van der Waals surface area contributed by atoms with Crippen molar-refractivity contribution in [1.29, 1.82) is 0 Å². The van der Waals surface area contributed by atoms with Crippen molar-refractivity contribution in [2.45, 2.75) is 169 Å². The summed E-state index contributed by atoms with van der Waals surface area (Å²) in [6.07, 6.45) is 8.70. The minimum Gasteiger partial charge on any atom is -0.480 e. The number of rotatable bonds is 8. The van der Waals surface area contributed by atoms with Crippen LogP contribution in [0.3, 0.4) is 0 Å². The topological polar surface area (TPSA) is 190 Å². The molecule has 342 valence electrons. The number of likely N-dealkylation sites (tertiary alicyclic amines) is 1. The van der Waals surface area contributed by atoms with Gasteiger partial charge in [0.15, 0.2) is 0 Å². The highest BCUT2D eigenvalue weighted by molar-refractivity contribution is 6.15. The highest BCUT2D eigenvalue weighted by Crippen LogP contribution is 2.66. The number of alkyl carbamates (subject to hydrolysis) is 2. The number of fused-ring (bicyclic) bond motifs is 2. The van der Waals surface area contributed by atoms with Crippen molar-refractivity contribution in [3.8, 4) is 0 Å². The van der Waals surface area contributed by atoms with E-state index < -0.39 is 47.5 Å². The van der Waals surface area contributed by atoms with Gasteiger partial charge in [-0.1, -0.05) is 66.2 Å². The Hall–Kier alpha value is -3.33. The minimum absolute atomic E-state index is 0.0174. The Bertz CT molecular complexity index is 1560. The van der Waals surface area contributed by atoms with Crippen LogP contribution in [-0.4, -0.2) is 113 Å². The number of halogens is 1. The van der Waals surface area contributed by atoms with Crippen LogP contribution in [-0.2, 0) is 38.1 Å². The molecule has 0 aromatic carbocycles. The van der Waals surface area contributed by atoms with E-state index in [4.69, 9.17) is 30.7 Å². The maximum atomic E-state index is 13.6. The third-order valence-corrected chi connectivity index (χ3v) is 14.0. The molecule has 4 saturated carbocycles. The van der Waals surface area contributed by atoms with Gasteiger partial charge in [-0.25, -0.2) is 23.6 Å². The van der Waals surface area contributed by atoms with E-state index >= 15 is 0 Å². The number of piperidine rings is 2. The fraction of sp³-hybridized carbons (Fsp3) is 0.864. The van der Waals surface area contributed by atoms with Gasteiger partial charge in [0.25, 0.3) is 0 Å². The van der Waals surface area contributed by atoms with Crippen molar-refractivity contribution in [1.82, 2.24) is 20.0 Å². The Labute approximate surface area is 362 Å². The van der Waals surface area contributed by atoms with Gasteiger partial charge >= 0.3 is 30.1 Å². The Balaban J connectivity index is 0.000000218. The molecule has 0 aromatic heterocycles. The van der Waals surface area contributed by atoms with E-state index in [1.54, 1.807) is 50.9 Å². The summed E-state index contributed by atoms with van der Waals surface area (Å²) in [5.74, 6) is -0.281. The molecule has 6 fully saturated rings. The van der Waals surface area contributed by atoms with Gasteiger partial charge in [0.1, 0.15) is 35.4 Å². The quantitative estimate of drug-likeness (QED) is 0.130. The van der Waals surface area contributed by atoms with E-state index in [1.165, 1.54) is 14.2 Å². The second-order valence-electron chi connectivity index (χ2n) is 20.8. The minimum atomic E-state index is -0.979. The lowest BCUT2D eigenvalue weighted by molar-refractivity contribution is -0.154. The molecule has 6 rings (SSSR count). The summed E-state index contributed by atoms with van der Waals surface area (Å²) < 4.78 is 21.9. The first-order chi connectivity index (χ1) is 27.8. The van der Waals surface area contributed by atoms with Crippen molar-refractivity contribution in [3.05, 3.63) is 0 Å². The van der Waals surface area contributed by atoms with Crippen LogP contribution in [0.1, 0.15) is 133 Å². The van der Waals surface area contributed by atoms with E-state index in [-0.39, 0.29) is 52.5 Å². The highest BCUT2D eigenvalue weighted by atomic mass is 35.5. The largest absolute Gasteiger partial charge is 0.480 e. The number of carboxylic acids is 1. The van der Waals surface area contributed by atoms with E-state index in [9.17, 15) is 33.9 Å². The third kappa shape index (κ3) is 12.0. The zero-order valence-electron chi connectivity index (χ0n) is 38.1. The van der Waals surface area contributed by atoms with Crippen LogP contribution in [0.25, 0.3) is 0 Å². The van der Waals surface area contributed by atoms with Crippen molar-refractivity contribution in [3.63, 3.8) is 0 Å². The smallest absolute Gasteiger partial charge is 0.408 e. The zero-order chi connectivity index (χ0) is 45.1. The standard InChI is InChI=1S/C22H36N2O5.C13H23NO4.C9H14ClNO2/c1-21(2,3)29-20(27)23-16(13-10-8-7-9-11-13)18(25)24-12-14-15(22(14,4)5)17(24)19(26)28-6;1-13(2,3)18-12(17)14-10(11(15)16)9-7-5-4-6-8-9;1-9(2)5-4-11(10)7(6(5)9)8(12)13-3/h13-17H,7-12H2,1-6H3,(H,23,27);9-10H,4-8H2,1-3H3,(H,14,17)(H,15,16);5-7H,4H2,1-3H3/t14?,15?,16-,17-;10-;/m00./s1. The molecule has 2 aliphatic heterocycles. The van der Waals surface area contributed by atoms with Gasteiger partial charge in [0.05, 0.1) is 14.2 Å². The van der Waals surface area contributed by atoms with Crippen LogP contribution >= 0.6 is 11.8 Å². The van der Waals surface area contributed by atoms with E-state index in [0.29, 0.717) is 24.3 Å². The summed E-state index contributed by atoms with van der Waals surface area (Å²) in [6, 6.07) is -2.30. The molecule has 6 aliphatic rings. The predicted molar refractivity (Wildman–Crippen MR) is 225 cm³/mol. The number of nitrogens with zero attached hydrogens (tertiary/aromatic N) is 2. The molecule has 2 heterocycles. The van der Waals surface area contributed by atoms with Crippen LogP contribution < -0.4 is 10.6 Å². The summed E-state index contributed by atoms with van der Waals surface area (Å²) in [6.45, 7) is 20.6. The lowest BCUT2D eigenvalue weighted by Gasteiger charge is -2.36. The number of aliphatic carboxylic acids is 1. The van der Waals surface area contributed by atoms with Crippen molar-refractivity contribution in [2.24, 2.45) is 46.3 Å². The Morgan fingerprint density at radius 1 is 0.633 bits per heavy atom. The SMILES string of the molecule is CC(C)(C)OC(=O)N[C@H](C(=O)O)C1CCCCC1.COC(=O)C1C2C(CN1Cl)C2(C)C.COC(=O)[C@@H]1C2C(CN1C(=O)[C@@H](NC(=O)OC(C)(C)C)C1CCCCC1)C2(C)C. The van der Waals surface area contributed by atoms with Crippen LogP contribution in [0.2, 0.25) is 0 Å². The third-order valence-electron chi connectivity index (χ3n) is 13.6. The number of hydrogen-bond acceptors (Lipinski definition) is 11. The molecule has 2 saturated heterocycles. The molecule has 0 bridgehead atoms. The zero-order valence-corrected chi connectivity index (χ0v) is 38.8. The molecule has 0 aromatic rings. The first kappa shape index (κ1) is 49.3. The first-order valence-electron chi connectivity index (χ1n) is 21.9. The Kier molecular flexibility index (Phi) is 15.9. The number of ether oxygens (including phenoxy) is 4. The molecule has 0 radical (unpaired) electrons. The number of carbonyl (C=O) groups excluding carboxylic acids is 5. The van der Waals surface area contributed by atoms with Gasteiger partial charge in [-0.3, -0.25) is 9.59 Å². The first-order valence-corrected chi connectivity index (χ1v) is 22.2. The normalized spacial score (nSPS) is 29.0. The van der Waals surface area contributed by atoms with Crippen LogP contribution in [0.4, 0.5) is 9.59 Å². The number of esters is 2. The summed E-state index contributed by atoms with van der Waals surface area (Å²) in [4.78, 5) is 74.5. The van der Waals surface area contributed by atoms with Crippen LogP contribution in [0.5, 0.6) is 0 Å². The van der Waals surface area contributed by atoms with E-state index in [2.05, 4.69) is 38.3 Å². The van der Waals surface area contributed by atoms with Crippen LogP contribution in [0, 0.1) is 46.3 Å². The van der Waals surface area contributed by atoms with Gasteiger partial charge in [-0.05, 0) is 119 Å². The number of methoxy groups -OCH3 is 2. The lowest BCUT2D eigenvalue weighted by Crippen LogP contribution is -2.57. The molecule has 15 nitrogen and oxygen atoms in total. The number of nitrogens with one attached hydrogen (secondary N) is 2. The molecule has 3 N–H and O–H groups in total. The predicted octanol–water partition coefficient (Wildman–Crippen LogP) is 6.93. The van der Waals surface area contributed by atoms with Gasteiger partial charge in [-0.2, -0.15) is 0 Å². The fourth-order valence-electron chi connectivity index (χ4n) is 10.3. The summed E-state index contributed by atoms with van der Waals surface area (Å²) in [5.41, 5.74) is -0.948. The molecule has 8 atom stereocenters. The molecular formula is C44H73ClN4O11. The van der Waals surface area contributed by atoms with Gasteiger partial charge < -0.3 is 39.6 Å². The number of carbonyl (C=O) groups is 6. The van der Waals surface area contributed by atoms with E-state index in [0.717, 1.165) is 70.8 Å². The second-order valence-corrected chi connectivity index (χ2v) is 21.2. The highest BCUT2D eigenvalue weighted by Gasteiger charge is 2.70. The monoisotopic (exact) mass is 868 g/mol. The molecular weight excluding hydrogens is 796 g/mol. The van der Waals surface area contributed by atoms with Crippen molar-refractivity contribution in [2.75, 3.05) is 27.3 Å². The lowest BCUT2D eigenvalue weighted by atomic mass is 9.83. The molecule has 5 unspecified atom stereocenters. The molecule has 3 amide bonds. The molecule has 60 heavy (non-hydrogen) atoms. The Morgan fingerprint density at radius 2 is 1.02 bits per heavy atom. The van der Waals surface area contributed by atoms with Gasteiger partial charge in [0.2, 0.25) is 5.91 Å². The second kappa shape index (κ2) is 19.4. The van der Waals surface area contributed by atoms with E-state index in [1.807, 2.05) is 0 Å². The number of hydrogen-bond donors (Lipinski definition) is 3. The summed E-state index contributed by atoms with van der Waals surface area (Å²) in [5, 5.41) is 14.5. The molecule has 0 spiro atoms. The fourth-order valence-corrected chi connectivity index (χ4v) is 10.6. The molecule has 4 aliphatic carbocycles. The van der Waals surface area contributed by atoms with Crippen molar-refractivity contribution < 1.29 is 52.8 Å². The summed E-state index contributed by atoms with van der Waals surface area (Å²) in [7, 11) is 2.78. The average Bonchev–Trinajstić information content (AvgIpc) is 3.62. The maximum absolute atomic E-state index is 13.6. The number of amides is 3. The maximum Gasteiger partial charge on any atom is 0.408 e. The van der Waals surface area contributed by atoms with Gasteiger partial charge in [0, 0.05) is 19.0 Å². The Morgan fingerprint density at radius 3 is 1.42 bits per heavy atom. The van der Waals surface area contributed by atoms with Crippen molar-refractivity contribution >= 4 is 47.8 Å². The summed E-state index contributed by atoms with van der Waals surface area (Å²) >= 11 is 5.94. The molecule has 16 heteroatoms. The van der Waals surface area contributed by atoms with Crippen LogP contribution in [0.15, 0.2) is 0 Å². The average molecular weight is 870 g/mol. The number of carboxylic acid groups (broad SMARTS) is 1. The van der Waals surface area contributed by atoms with Gasteiger partial charge in [-0.15, -0.1) is 0 Å².